The molecule has 22 heavy (non-hydrogen) atoms. The average Bonchev–Trinajstić information content (AvgIpc) is 2.53. The molecule has 0 aliphatic carbocycles. The second-order valence-electron chi connectivity index (χ2n) is 5.23. The number of allylic oxidation sites excluding steroid dienone is 1. The molecule has 120 valence electrons. The topological polar surface area (TPSA) is 35.6 Å². The van der Waals surface area contributed by atoms with Gasteiger partial charge in [0.1, 0.15) is 0 Å². The zero-order valence-electron chi connectivity index (χ0n) is 13.7. The number of likely N-dealkylation sites (N-methyl/N-ethyl adjacent to an activating group) is 2. The minimum absolute atomic E-state index is 0.122. The number of carbonyl (C=O) groups is 1. The van der Waals surface area contributed by atoms with Gasteiger partial charge in [0.2, 0.25) is 6.41 Å². The summed E-state index contributed by atoms with van der Waals surface area (Å²) >= 11 is 0. The number of amides is 1. The molecule has 5 heteroatoms. The van der Waals surface area contributed by atoms with Crippen LogP contribution in [0.3, 0.4) is 0 Å². The number of carbonyl (C=O) groups excluding carboxylic acids is 1. The number of hydrogen-bond donors (Lipinski definition) is 1. The summed E-state index contributed by atoms with van der Waals surface area (Å²) in [7, 11) is 8.32. The summed E-state index contributed by atoms with van der Waals surface area (Å²) < 4.78 is 0. The molecule has 0 aromatic heterocycles. The van der Waals surface area contributed by atoms with Crippen molar-refractivity contribution in [2.75, 3.05) is 30.9 Å². The third kappa shape index (κ3) is 4.35. The van der Waals surface area contributed by atoms with Crippen LogP contribution >= 0.6 is 9.24 Å². The summed E-state index contributed by atoms with van der Waals surface area (Å²) in [4.78, 5) is 14.9. The summed E-state index contributed by atoms with van der Waals surface area (Å²) in [6.07, 6.45) is 4.54. The van der Waals surface area contributed by atoms with Gasteiger partial charge in [0.25, 0.3) is 0 Å². The molecule has 0 saturated heterocycles. The van der Waals surface area contributed by atoms with Gasteiger partial charge >= 0.3 is 0 Å². The highest BCUT2D eigenvalue weighted by Gasteiger charge is 2.20. The first-order valence-corrected chi connectivity index (χ1v) is 7.81. The van der Waals surface area contributed by atoms with E-state index in [1.807, 2.05) is 38.4 Å². The molecule has 1 amide bonds. The molecule has 0 radical (unpaired) electrons. The molecule has 1 aromatic rings. The van der Waals surface area contributed by atoms with E-state index in [9.17, 15) is 4.79 Å². The summed E-state index contributed by atoms with van der Waals surface area (Å²) in [6, 6.07) is 6.15. The Morgan fingerprint density at radius 3 is 2.64 bits per heavy atom. The van der Waals surface area contributed by atoms with Gasteiger partial charge in [-0.3, -0.25) is 4.79 Å². The normalized spacial score (nSPS) is 11.5. The number of nitrogens with one attached hydrogen (secondary N) is 1. The molecule has 0 aliphatic rings. The van der Waals surface area contributed by atoms with Gasteiger partial charge in [-0.05, 0) is 30.3 Å². The van der Waals surface area contributed by atoms with Crippen molar-refractivity contribution in [3.8, 4) is 0 Å². The maximum absolute atomic E-state index is 11.2. The highest BCUT2D eigenvalue weighted by Crippen LogP contribution is 2.30. The predicted molar refractivity (Wildman–Crippen MR) is 100 cm³/mol. The fourth-order valence-electron chi connectivity index (χ4n) is 2.39. The molecule has 1 aromatic carbocycles. The Morgan fingerprint density at radius 1 is 1.41 bits per heavy atom. The molecular formula is C17H26N3OP. The van der Waals surface area contributed by atoms with Gasteiger partial charge in [0, 0.05) is 26.8 Å². The molecule has 0 saturated carbocycles. The van der Waals surface area contributed by atoms with Crippen molar-refractivity contribution in [1.82, 2.24) is 5.32 Å². The molecule has 0 fully saturated rings. The van der Waals surface area contributed by atoms with Gasteiger partial charge in [-0.2, -0.15) is 0 Å². The summed E-state index contributed by atoms with van der Waals surface area (Å²) in [5, 5.41) is 4.18. The number of rotatable bonds is 9. The lowest BCUT2D eigenvalue weighted by molar-refractivity contribution is -0.107. The fourth-order valence-corrected chi connectivity index (χ4v) is 2.64. The SMILES string of the molecule is C=CCCC(C(=C)NC)N(C)c1ccc(P)cc1N(C)C=O. The van der Waals surface area contributed by atoms with Crippen LogP contribution in [0.5, 0.6) is 0 Å². The van der Waals surface area contributed by atoms with E-state index in [2.05, 4.69) is 32.6 Å². The van der Waals surface area contributed by atoms with E-state index in [1.165, 1.54) is 0 Å². The Balaban J connectivity index is 3.22. The Bertz CT molecular complexity index is 545. The van der Waals surface area contributed by atoms with Crippen molar-refractivity contribution in [2.45, 2.75) is 18.9 Å². The zero-order valence-corrected chi connectivity index (χ0v) is 14.8. The molecule has 2 unspecified atom stereocenters. The Morgan fingerprint density at radius 2 is 2.09 bits per heavy atom. The number of nitrogens with zero attached hydrogens (tertiary/aromatic N) is 2. The average molecular weight is 319 g/mol. The minimum Gasteiger partial charge on any atom is -0.390 e. The molecule has 0 bridgehead atoms. The van der Waals surface area contributed by atoms with Crippen molar-refractivity contribution < 1.29 is 4.79 Å². The molecule has 2 atom stereocenters. The number of hydrogen-bond acceptors (Lipinski definition) is 3. The van der Waals surface area contributed by atoms with Crippen LogP contribution in [-0.4, -0.2) is 33.6 Å². The smallest absolute Gasteiger partial charge is 0.213 e. The van der Waals surface area contributed by atoms with Crippen LogP contribution in [0.1, 0.15) is 12.8 Å². The lowest BCUT2D eigenvalue weighted by atomic mass is 10.1. The molecule has 1 N–H and O–H groups in total. The van der Waals surface area contributed by atoms with Crippen molar-refractivity contribution in [2.24, 2.45) is 0 Å². The van der Waals surface area contributed by atoms with Gasteiger partial charge in [0.05, 0.1) is 17.4 Å². The second-order valence-corrected chi connectivity index (χ2v) is 5.90. The predicted octanol–water partition coefficient (Wildman–Crippen LogP) is 2.28. The number of benzene rings is 1. The van der Waals surface area contributed by atoms with Gasteiger partial charge in [0.15, 0.2) is 0 Å². The maximum Gasteiger partial charge on any atom is 0.213 e. The van der Waals surface area contributed by atoms with Crippen LogP contribution in [0.25, 0.3) is 0 Å². The van der Waals surface area contributed by atoms with Crippen LogP contribution in [-0.2, 0) is 4.79 Å². The summed E-state index contributed by atoms with van der Waals surface area (Å²) in [6.45, 7) is 7.91. The van der Waals surface area contributed by atoms with Gasteiger partial charge in [-0.25, -0.2) is 0 Å². The molecule has 0 heterocycles. The molecule has 0 spiro atoms. The van der Waals surface area contributed by atoms with Gasteiger partial charge in [-0.15, -0.1) is 15.8 Å². The second kappa shape index (κ2) is 8.60. The van der Waals surface area contributed by atoms with E-state index in [1.54, 1.807) is 11.9 Å². The molecular weight excluding hydrogens is 293 g/mol. The third-order valence-corrected chi connectivity index (χ3v) is 4.11. The zero-order chi connectivity index (χ0) is 16.7. The standard InChI is InChI=1S/C17H26N3OP/c1-6-7-8-15(13(2)18-3)20(5)16-10-9-14(22)11-17(16)19(4)12-21/h6,9-12,15,18H,1-2,7-8,22H2,3-5H3. The Hall–Kier alpha value is -1.80. The monoisotopic (exact) mass is 319 g/mol. The van der Waals surface area contributed by atoms with Crippen molar-refractivity contribution >= 4 is 32.3 Å². The van der Waals surface area contributed by atoms with Crippen LogP contribution in [0.4, 0.5) is 11.4 Å². The van der Waals surface area contributed by atoms with Crippen molar-refractivity contribution in [3.63, 3.8) is 0 Å². The van der Waals surface area contributed by atoms with Gasteiger partial charge in [-0.1, -0.05) is 18.7 Å². The molecule has 4 nitrogen and oxygen atoms in total. The first-order chi connectivity index (χ1) is 10.5. The van der Waals surface area contributed by atoms with Crippen LogP contribution in [0.15, 0.2) is 43.1 Å². The van der Waals surface area contributed by atoms with E-state index in [4.69, 9.17) is 0 Å². The van der Waals surface area contributed by atoms with Crippen LogP contribution < -0.4 is 20.4 Å². The lowest BCUT2D eigenvalue weighted by Crippen LogP contribution is -2.38. The van der Waals surface area contributed by atoms with E-state index in [0.29, 0.717) is 0 Å². The molecule has 0 aliphatic heterocycles. The van der Waals surface area contributed by atoms with Crippen molar-refractivity contribution in [3.05, 3.63) is 43.1 Å². The summed E-state index contributed by atoms with van der Waals surface area (Å²) in [5.74, 6) is 0. The highest BCUT2D eigenvalue weighted by atomic mass is 31.0. The molecule has 1 rings (SSSR count). The maximum atomic E-state index is 11.2. The minimum atomic E-state index is 0.122. The quantitative estimate of drug-likeness (QED) is 0.431. The first kappa shape index (κ1) is 18.2. The van der Waals surface area contributed by atoms with Crippen LogP contribution in [0.2, 0.25) is 0 Å². The van der Waals surface area contributed by atoms with E-state index in [-0.39, 0.29) is 6.04 Å². The van der Waals surface area contributed by atoms with Crippen molar-refractivity contribution in [1.29, 1.82) is 0 Å². The largest absolute Gasteiger partial charge is 0.390 e. The highest BCUT2D eigenvalue weighted by molar-refractivity contribution is 7.27. The third-order valence-electron chi connectivity index (χ3n) is 3.75. The van der Waals surface area contributed by atoms with Gasteiger partial charge < -0.3 is 15.1 Å². The van der Waals surface area contributed by atoms with E-state index in [0.717, 1.165) is 41.6 Å². The van der Waals surface area contributed by atoms with Crippen LogP contribution in [0, 0.1) is 0 Å². The lowest BCUT2D eigenvalue weighted by Gasteiger charge is -2.34. The van der Waals surface area contributed by atoms with E-state index < -0.39 is 0 Å². The summed E-state index contributed by atoms with van der Waals surface area (Å²) in [5.41, 5.74) is 2.81. The van der Waals surface area contributed by atoms with E-state index >= 15 is 0 Å². The fraction of sp³-hybridized carbons (Fsp3) is 0.353. The number of anilines is 2. The Kier molecular flexibility index (Phi) is 7.13. The first-order valence-electron chi connectivity index (χ1n) is 7.24. The Labute approximate surface area is 136 Å².